The summed E-state index contributed by atoms with van der Waals surface area (Å²) in [5, 5.41) is 3.00. The van der Waals surface area contributed by atoms with Crippen LogP contribution in [0.2, 0.25) is 0 Å². The molecular weight excluding hydrogens is 463 g/mol. The van der Waals surface area contributed by atoms with E-state index in [2.05, 4.69) is 43.4 Å². The zero-order chi connectivity index (χ0) is 26.8. The summed E-state index contributed by atoms with van der Waals surface area (Å²) in [7, 11) is 0. The summed E-state index contributed by atoms with van der Waals surface area (Å²) in [6.07, 6.45) is 1.14. The van der Waals surface area contributed by atoms with Crippen molar-refractivity contribution in [1.29, 1.82) is 0 Å². The highest BCUT2D eigenvalue weighted by molar-refractivity contribution is 5.88. The predicted octanol–water partition coefficient (Wildman–Crippen LogP) is 6.29. The summed E-state index contributed by atoms with van der Waals surface area (Å²) in [6.45, 7) is 8.89. The van der Waals surface area contributed by atoms with Crippen molar-refractivity contribution in [1.82, 2.24) is 10.2 Å². The first-order valence-electron chi connectivity index (χ1n) is 13.2. The molecule has 0 aromatic heterocycles. The van der Waals surface area contributed by atoms with E-state index < -0.39 is 6.04 Å². The summed E-state index contributed by atoms with van der Waals surface area (Å²) < 4.78 is 14.7. The summed E-state index contributed by atoms with van der Waals surface area (Å²) >= 11 is 0. The maximum atomic E-state index is 14.7. The van der Waals surface area contributed by atoms with Gasteiger partial charge in [-0.3, -0.25) is 9.59 Å². The van der Waals surface area contributed by atoms with Crippen LogP contribution < -0.4 is 5.32 Å². The zero-order valence-corrected chi connectivity index (χ0v) is 22.4. The lowest BCUT2D eigenvalue weighted by atomic mass is 9.99. The van der Waals surface area contributed by atoms with E-state index in [4.69, 9.17) is 0 Å². The predicted molar refractivity (Wildman–Crippen MR) is 148 cm³/mol. The van der Waals surface area contributed by atoms with Crippen molar-refractivity contribution in [2.75, 3.05) is 6.54 Å². The topological polar surface area (TPSA) is 49.4 Å². The summed E-state index contributed by atoms with van der Waals surface area (Å²) in [5.74, 6) is -0.0631. The standard InChI is InChI=1S/C32H39FN2O2/c1-23(2)21-34-32(37)30(20-26-10-6-5-7-11-26)35(22-28-12-8-9-13-29(28)33)31(36)19-16-25-14-17-27(18-15-25)24(3)4/h5-15,17-18,23-24,30H,16,19-22H2,1-4H3,(H,34,37)/t30-/m0/s1. The molecule has 0 saturated heterocycles. The maximum absolute atomic E-state index is 14.7. The quantitative estimate of drug-likeness (QED) is 0.316. The highest BCUT2D eigenvalue weighted by atomic mass is 19.1. The molecule has 3 aromatic carbocycles. The Hall–Kier alpha value is -3.47. The van der Waals surface area contributed by atoms with Crippen molar-refractivity contribution >= 4 is 11.8 Å². The molecule has 0 spiro atoms. The minimum Gasteiger partial charge on any atom is -0.354 e. The summed E-state index contributed by atoms with van der Waals surface area (Å²) in [4.78, 5) is 28.7. The van der Waals surface area contributed by atoms with Crippen LogP contribution in [0.5, 0.6) is 0 Å². The number of hydrogen-bond donors (Lipinski definition) is 1. The van der Waals surface area contributed by atoms with Gasteiger partial charge >= 0.3 is 0 Å². The molecule has 0 fully saturated rings. The lowest BCUT2D eigenvalue weighted by Gasteiger charge is -2.32. The third-order valence-corrected chi connectivity index (χ3v) is 6.53. The Kier molecular flexibility index (Phi) is 10.4. The second kappa shape index (κ2) is 13.7. The Bertz CT molecular complexity index is 1140. The average Bonchev–Trinajstić information content (AvgIpc) is 2.89. The van der Waals surface area contributed by atoms with Crippen molar-refractivity contribution in [2.24, 2.45) is 5.92 Å². The van der Waals surface area contributed by atoms with Gasteiger partial charge in [0.05, 0.1) is 0 Å². The van der Waals surface area contributed by atoms with Crippen LogP contribution in [0.3, 0.4) is 0 Å². The van der Waals surface area contributed by atoms with E-state index in [-0.39, 0.29) is 36.5 Å². The van der Waals surface area contributed by atoms with Crippen LogP contribution in [0.25, 0.3) is 0 Å². The van der Waals surface area contributed by atoms with Gasteiger partial charge in [0.1, 0.15) is 11.9 Å². The molecule has 0 saturated carbocycles. The molecule has 1 N–H and O–H groups in total. The van der Waals surface area contributed by atoms with Crippen LogP contribution in [0.4, 0.5) is 4.39 Å². The van der Waals surface area contributed by atoms with Crippen LogP contribution in [-0.4, -0.2) is 29.3 Å². The van der Waals surface area contributed by atoms with Crippen LogP contribution in [-0.2, 0) is 29.0 Å². The van der Waals surface area contributed by atoms with Gasteiger partial charge in [-0.1, -0.05) is 100 Å². The fraction of sp³-hybridized carbons (Fsp3) is 0.375. The molecule has 2 amide bonds. The van der Waals surface area contributed by atoms with E-state index in [1.165, 1.54) is 11.6 Å². The highest BCUT2D eigenvalue weighted by Crippen LogP contribution is 2.20. The number of rotatable bonds is 12. The number of carbonyl (C=O) groups is 2. The second-order valence-electron chi connectivity index (χ2n) is 10.4. The molecule has 5 heteroatoms. The number of hydrogen-bond acceptors (Lipinski definition) is 2. The van der Waals surface area contributed by atoms with Gasteiger partial charge in [-0.2, -0.15) is 0 Å². The SMILES string of the molecule is CC(C)CNC(=O)[C@H](Cc1ccccc1)N(Cc1ccccc1F)C(=O)CCc1ccc(C(C)C)cc1. The van der Waals surface area contributed by atoms with E-state index in [0.29, 0.717) is 30.9 Å². The largest absolute Gasteiger partial charge is 0.354 e. The van der Waals surface area contributed by atoms with Crippen LogP contribution in [0, 0.1) is 11.7 Å². The van der Waals surface area contributed by atoms with Gasteiger partial charge in [0.15, 0.2) is 0 Å². The second-order valence-corrected chi connectivity index (χ2v) is 10.4. The van der Waals surface area contributed by atoms with E-state index >= 15 is 0 Å². The van der Waals surface area contributed by atoms with Crippen LogP contribution in [0.1, 0.15) is 62.3 Å². The Morgan fingerprint density at radius 3 is 2.11 bits per heavy atom. The molecular formula is C32H39FN2O2. The molecule has 0 heterocycles. The van der Waals surface area contributed by atoms with Crippen molar-refractivity contribution in [3.8, 4) is 0 Å². The van der Waals surface area contributed by atoms with E-state index in [9.17, 15) is 14.0 Å². The molecule has 0 radical (unpaired) electrons. The van der Waals surface area contributed by atoms with Gasteiger partial charge in [0.25, 0.3) is 0 Å². The van der Waals surface area contributed by atoms with Crippen molar-refractivity contribution in [3.63, 3.8) is 0 Å². The Labute approximate surface area is 220 Å². The van der Waals surface area contributed by atoms with Gasteiger partial charge in [-0.25, -0.2) is 4.39 Å². The number of nitrogens with zero attached hydrogens (tertiary/aromatic N) is 1. The van der Waals surface area contributed by atoms with E-state index in [0.717, 1.165) is 11.1 Å². The van der Waals surface area contributed by atoms with Crippen molar-refractivity contribution < 1.29 is 14.0 Å². The van der Waals surface area contributed by atoms with Crippen molar-refractivity contribution in [2.45, 2.75) is 65.5 Å². The molecule has 196 valence electrons. The maximum Gasteiger partial charge on any atom is 0.243 e. The lowest BCUT2D eigenvalue weighted by molar-refractivity contribution is -0.141. The molecule has 0 aliphatic rings. The third kappa shape index (κ3) is 8.56. The Balaban J connectivity index is 1.88. The van der Waals surface area contributed by atoms with Gasteiger partial charge in [0, 0.05) is 31.5 Å². The molecule has 0 aliphatic heterocycles. The van der Waals surface area contributed by atoms with Gasteiger partial charge in [0.2, 0.25) is 11.8 Å². The minimum absolute atomic E-state index is 0.0321. The number of aryl methyl sites for hydroxylation is 1. The molecule has 0 aliphatic carbocycles. The number of halogens is 1. The first kappa shape index (κ1) is 28.1. The fourth-order valence-corrected chi connectivity index (χ4v) is 4.25. The van der Waals surface area contributed by atoms with Gasteiger partial charge < -0.3 is 10.2 Å². The molecule has 3 rings (SSSR count). The number of nitrogens with one attached hydrogen (secondary N) is 1. The van der Waals surface area contributed by atoms with Crippen LogP contribution >= 0.6 is 0 Å². The average molecular weight is 503 g/mol. The van der Waals surface area contributed by atoms with Gasteiger partial charge in [-0.15, -0.1) is 0 Å². The third-order valence-electron chi connectivity index (χ3n) is 6.53. The molecule has 0 bridgehead atoms. The summed E-state index contributed by atoms with van der Waals surface area (Å²) in [6, 6.07) is 23.6. The van der Waals surface area contributed by atoms with E-state index in [1.807, 2.05) is 44.2 Å². The zero-order valence-electron chi connectivity index (χ0n) is 22.4. The summed E-state index contributed by atoms with van der Waals surface area (Å²) in [5.41, 5.74) is 3.66. The lowest BCUT2D eigenvalue weighted by Crippen LogP contribution is -2.51. The molecule has 0 unspecified atom stereocenters. The molecule has 37 heavy (non-hydrogen) atoms. The number of carbonyl (C=O) groups excluding carboxylic acids is 2. The fourth-order valence-electron chi connectivity index (χ4n) is 4.25. The highest BCUT2D eigenvalue weighted by Gasteiger charge is 2.30. The first-order chi connectivity index (χ1) is 17.7. The van der Waals surface area contributed by atoms with Gasteiger partial charge in [-0.05, 0) is 41.0 Å². The van der Waals surface area contributed by atoms with E-state index in [1.54, 1.807) is 23.1 Å². The smallest absolute Gasteiger partial charge is 0.243 e. The number of benzene rings is 3. The molecule has 3 aromatic rings. The van der Waals surface area contributed by atoms with Crippen molar-refractivity contribution in [3.05, 3.63) is 107 Å². The molecule has 4 nitrogen and oxygen atoms in total. The Morgan fingerprint density at radius 1 is 0.838 bits per heavy atom. The Morgan fingerprint density at radius 2 is 1.49 bits per heavy atom. The normalized spacial score (nSPS) is 12.0. The monoisotopic (exact) mass is 502 g/mol. The minimum atomic E-state index is -0.753. The van der Waals surface area contributed by atoms with Crippen LogP contribution in [0.15, 0.2) is 78.9 Å². The first-order valence-corrected chi connectivity index (χ1v) is 13.2. The number of amides is 2. The molecule has 1 atom stereocenters.